The normalized spacial score (nSPS) is 16.2. The Morgan fingerprint density at radius 2 is 1.71 bits per heavy atom. The molecule has 34 heavy (non-hydrogen) atoms. The largest absolute Gasteiger partial charge is 0.496 e. The van der Waals surface area contributed by atoms with Gasteiger partial charge in [0, 0.05) is 74.6 Å². The lowest BCUT2D eigenvalue weighted by Crippen LogP contribution is -2.45. The van der Waals surface area contributed by atoms with Crippen LogP contribution in [0.3, 0.4) is 0 Å². The number of fused-ring (bicyclic) bond motifs is 1. The number of carbonyl (C=O) groups is 2. The smallest absolute Gasteiger partial charge is 0.251 e. The van der Waals surface area contributed by atoms with Crippen molar-refractivity contribution in [1.82, 2.24) is 15.1 Å². The Bertz CT molecular complexity index is 987. The van der Waals surface area contributed by atoms with Crippen molar-refractivity contribution in [3.63, 3.8) is 0 Å². The minimum absolute atomic E-state index is 0.0649. The number of nitrogens with one attached hydrogen (secondary N) is 1. The number of nitrogens with zero attached hydrogens (tertiary/aromatic N) is 3. The van der Waals surface area contributed by atoms with Gasteiger partial charge in [0.05, 0.1) is 7.11 Å². The van der Waals surface area contributed by atoms with Crippen LogP contribution in [0.1, 0.15) is 40.7 Å². The summed E-state index contributed by atoms with van der Waals surface area (Å²) in [6.45, 7) is 6.02. The van der Waals surface area contributed by atoms with E-state index in [1.54, 1.807) is 19.2 Å². The number of methoxy groups -OCH3 is 1. The van der Waals surface area contributed by atoms with Gasteiger partial charge in [-0.25, -0.2) is 0 Å². The highest BCUT2D eigenvalue weighted by Gasteiger charge is 2.27. The molecule has 0 atom stereocenters. The number of rotatable bonds is 8. The van der Waals surface area contributed by atoms with Crippen LogP contribution in [0.15, 0.2) is 42.5 Å². The molecule has 0 unspecified atom stereocenters. The summed E-state index contributed by atoms with van der Waals surface area (Å²) in [5.41, 5.74) is 4.38. The molecule has 1 saturated heterocycles. The molecule has 2 amide bonds. The van der Waals surface area contributed by atoms with E-state index in [-0.39, 0.29) is 11.8 Å². The standard InChI is InChI=1S/C27H36N4O3/c1-29-16-18-30(19-17-29)24-11-12-25(34-2)22-13-15-31(20-23(22)24)26(32)10-6-7-14-28-27(33)21-8-4-3-5-9-21/h3-5,8-9,11-12H,6-7,10,13-20H2,1-2H3,(H,28,33). The first-order valence-corrected chi connectivity index (χ1v) is 12.3. The lowest BCUT2D eigenvalue weighted by atomic mass is 9.95. The summed E-state index contributed by atoms with van der Waals surface area (Å²) < 4.78 is 5.65. The Kier molecular flexibility index (Phi) is 8.06. The molecule has 1 N–H and O–H groups in total. The second-order valence-electron chi connectivity index (χ2n) is 9.18. The van der Waals surface area contributed by atoms with Gasteiger partial charge in [-0.05, 0) is 50.6 Å². The van der Waals surface area contributed by atoms with Crippen LogP contribution in [0.25, 0.3) is 0 Å². The van der Waals surface area contributed by atoms with E-state index in [4.69, 9.17) is 4.74 Å². The van der Waals surface area contributed by atoms with E-state index >= 15 is 0 Å². The van der Waals surface area contributed by atoms with Gasteiger partial charge in [0.1, 0.15) is 5.75 Å². The van der Waals surface area contributed by atoms with Crippen molar-refractivity contribution >= 4 is 17.5 Å². The molecule has 0 saturated carbocycles. The number of unbranched alkanes of at least 4 members (excludes halogenated alkanes) is 1. The molecule has 2 aliphatic heterocycles. The molecule has 0 spiro atoms. The Morgan fingerprint density at radius 1 is 0.941 bits per heavy atom. The number of hydrogen-bond acceptors (Lipinski definition) is 5. The fourth-order valence-corrected chi connectivity index (χ4v) is 4.83. The molecule has 2 aliphatic rings. The Hall–Kier alpha value is -3.06. The van der Waals surface area contributed by atoms with Gasteiger partial charge in [0.2, 0.25) is 5.91 Å². The molecular formula is C27H36N4O3. The molecule has 2 heterocycles. The van der Waals surface area contributed by atoms with Gasteiger partial charge >= 0.3 is 0 Å². The first-order valence-electron chi connectivity index (χ1n) is 12.3. The van der Waals surface area contributed by atoms with Crippen molar-refractivity contribution in [3.05, 3.63) is 59.2 Å². The van der Waals surface area contributed by atoms with Crippen LogP contribution in [0.4, 0.5) is 5.69 Å². The number of likely N-dealkylation sites (N-methyl/N-ethyl adjacent to an activating group) is 1. The highest BCUT2D eigenvalue weighted by molar-refractivity contribution is 5.94. The first-order chi connectivity index (χ1) is 16.6. The maximum absolute atomic E-state index is 13.0. The van der Waals surface area contributed by atoms with Crippen molar-refractivity contribution in [1.29, 1.82) is 0 Å². The number of piperazine rings is 1. The summed E-state index contributed by atoms with van der Waals surface area (Å²) in [5.74, 6) is 1.05. The topological polar surface area (TPSA) is 65.1 Å². The molecule has 0 radical (unpaired) electrons. The van der Waals surface area contributed by atoms with Crippen LogP contribution in [-0.2, 0) is 17.8 Å². The maximum Gasteiger partial charge on any atom is 0.251 e. The van der Waals surface area contributed by atoms with E-state index in [1.807, 2.05) is 23.1 Å². The molecule has 0 bridgehead atoms. The molecule has 4 rings (SSSR count). The summed E-state index contributed by atoms with van der Waals surface area (Å²) in [7, 11) is 3.88. The number of anilines is 1. The third-order valence-electron chi connectivity index (χ3n) is 6.90. The highest BCUT2D eigenvalue weighted by atomic mass is 16.5. The van der Waals surface area contributed by atoms with Gasteiger partial charge < -0.3 is 24.8 Å². The Morgan fingerprint density at radius 3 is 2.44 bits per heavy atom. The quantitative estimate of drug-likeness (QED) is 0.609. The lowest BCUT2D eigenvalue weighted by molar-refractivity contribution is -0.132. The minimum atomic E-state index is -0.0649. The summed E-state index contributed by atoms with van der Waals surface area (Å²) in [4.78, 5) is 31.9. The second kappa shape index (κ2) is 11.4. The molecule has 2 aromatic carbocycles. The van der Waals surface area contributed by atoms with Crippen LogP contribution >= 0.6 is 0 Å². The summed E-state index contributed by atoms with van der Waals surface area (Å²) >= 11 is 0. The second-order valence-corrected chi connectivity index (χ2v) is 9.18. The van der Waals surface area contributed by atoms with E-state index in [2.05, 4.69) is 34.3 Å². The Balaban J connectivity index is 1.31. The van der Waals surface area contributed by atoms with Crippen LogP contribution in [-0.4, -0.2) is 75.0 Å². The molecule has 1 fully saturated rings. The van der Waals surface area contributed by atoms with Gasteiger partial charge in [-0.3, -0.25) is 9.59 Å². The molecule has 0 aliphatic carbocycles. The molecule has 0 aromatic heterocycles. The molecule has 7 heteroatoms. The van der Waals surface area contributed by atoms with Crippen LogP contribution in [0.2, 0.25) is 0 Å². The fraction of sp³-hybridized carbons (Fsp3) is 0.481. The average molecular weight is 465 g/mol. The van der Waals surface area contributed by atoms with Gasteiger partial charge in [0.15, 0.2) is 0 Å². The molecular weight excluding hydrogens is 428 g/mol. The number of hydrogen-bond donors (Lipinski definition) is 1. The number of benzene rings is 2. The fourth-order valence-electron chi connectivity index (χ4n) is 4.83. The first kappa shape index (κ1) is 24.1. The van der Waals surface area contributed by atoms with Gasteiger partial charge in [-0.2, -0.15) is 0 Å². The number of ether oxygens (including phenoxy) is 1. The van der Waals surface area contributed by atoms with E-state index in [9.17, 15) is 9.59 Å². The van der Waals surface area contributed by atoms with Crippen molar-refractivity contribution in [2.45, 2.75) is 32.2 Å². The van der Waals surface area contributed by atoms with Crippen molar-refractivity contribution < 1.29 is 14.3 Å². The zero-order valence-corrected chi connectivity index (χ0v) is 20.4. The van der Waals surface area contributed by atoms with E-state index in [0.717, 1.165) is 57.7 Å². The van der Waals surface area contributed by atoms with Gasteiger partial charge in [-0.1, -0.05) is 18.2 Å². The number of amides is 2. The van der Waals surface area contributed by atoms with Gasteiger partial charge in [-0.15, -0.1) is 0 Å². The zero-order chi connectivity index (χ0) is 23.9. The average Bonchev–Trinajstić information content (AvgIpc) is 2.88. The highest BCUT2D eigenvalue weighted by Crippen LogP contribution is 2.36. The van der Waals surface area contributed by atoms with Gasteiger partial charge in [0.25, 0.3) is 5.91 Å². The molecule has 182 valence electrons. The van der Waals surface area contributed by atoms with E-state index < -0.39 is 0 Å². The Labute approximate surface area is 202 Å². The zero-order valence-electron chi connectivity index (χ0n) is 20.4. The van der Waals surface area contributed by atoms with Crippen molar-refractivity contribution in [2.24, 2.45) is 0 Å². The summed E-state index contributed by atoms with van der Waals surface area (Å²) in [6.07, 6.45) is 2.87. The third-order valence-corrected chi connectivity index (χ3v) is 6.90. The van der Waals surface area contributed by atoms with E-state index in [1.165, 1.54) is 16.8 Å². The van der Waals surface area contributed by atoms with Crippen molar-refractivity contribution in [2.75, 3.05) is 58.3 Å². The summed E-state index contributed by atoms with van der Waals surface area (Å²) in [5, 5.41) is 2.94. The summed E-state index contributed by atoms with van der Waals surface area (Å²) in [6, 6.07) is 13.5. The minimum Gasteiger partial charge on any atom is -0.496 e. The van der Waals surface area contributed by atoms with Crippen LogP contribution < -0.4 is 15.0 Å². The SMILES string of the molecule is COc1ccc(N2CCN(C)CC2)c2c1CCN(C(=O)CCCCNC(=O)c1ccccc1)C2. The monoisotopic (exact) mass is 464 g/mol. The third kappa shape index (κ3) is 5.70. The van der Waals surface area contributed by atoms with Crippen molar-refractivity contribution in [3.8, 4) is 5.75 Å². The maximum atomic E-state index is 13.0. The number of carbonyl (C=O) groups excluding carboxylic acids is 2. The van der Waals surface area contributed by atoms with Crippen LogP contribution in [0, 0.1) is 0 Å². The van der Waals surface area contributed by atoms with E-state index in [0.29, 0.717) is 25.1 Å². The predicted octanol–water partition coefficient (Wildman–Crippen LogP) is 2.93. The van der Waals surface area contributed by atoms with Crippen LogP contribution in [0.5, 0.6) is 5.75 Å². The molecule has 2 aromatic rings. The molecule has 7 nitrogen and oxygen atoms in total. The predicted molar refractivity (Wildman–Crippen MR) is 134 cm³/mol. The lowest BCUT2D eigenvalue weighted by Gasteiger charge is -2.38.